The van der Waals surface area contributed by atoms with Crippen LogP contribution in [0.4, 0.5) is 5.82 Å². The summed E-state index contributed by atoms with van der Waals surface area (Å²) in [7, 11) is -3.97. The summed E-state index contributed by atoms with van der Waals surface area (Å²) < 4.78 is 34.8. The predicted molar refractivity (Wildman–Crippen MR) is 107 cm³/mol. The fourth-order valence-corrected chi connectivity index (χ4v) is 4.06. The van der Waals surface area contributed by atoms with Gasteiger partial charge in [-0.2, -0.15) is 5.10 Å². The molecule has 0 aliphatic heterocycles. The normalized spacial score (nSPS) is 11.2. The van der Waals surface area contributed by atoms with Crippen molar-refractivity contribution in [3.63, 3.8) is 0 Å². The number of aryl methyl sites for hydroxylation is 1. The van der Waals surface area contributed by atoms with E-state index in [0.717, 1.165) is 0 Å². The van der Waals surface area contributed by atoms with E-state index in [0.29, 0.717) is 16.3 Å². The highest BCUT2D eigenvalue weighted by atomic mass is 35.5. The molecule has 0 fully saturated rings. The Morgan fingerprint density at radius 3 is 2.50 bits per heavy atom. The smallest absolute Gasteiger partial charge is 0.343 e. The Bertz CT molecular complexity index is 1110. The first-order valence-corrected chi connectivity index (χ1v) is 10.3. The van der Waals surface area contributed by atoms with Crippen molar-refractivity contribution in [3.05, 3.63) is 70.9 Å². The minimum atomic E-state index is -3.97. The molecule has 7 nitrogen and oxygen atoms in total. The monoisotopic (exact) mass is 419 g/mol. The van der Waals surface area contributed by atoms with E-state index in [2.05, 4.69) is 9.82 Å². The number of nitrogens with zero attached hydrogens (tertiary/aromatic N) is 2. The van der Waals surface area contributed by atoms with Gasteiger partial charge in [-0.15, -0.1) is 0 Å². The number of hydrogen-bond acceptors (Lipinski definition) is 5. The maximum atomic E-state index is 13.0. The first-order valence-electron chi connectivity index (χ1n) is 8.43. The highest BCUT2D eigenvalue weighted by Gasteiger charge is 2.25. The number of rotatable bonds is 6. The quantitative estimate of drug-likeness (QED) is 0.613. The van der Waals surface area contributed by atoms with E-state index in [4.69, 9.17) is 16.3 Å². The van der Waals surface area contributed by atoms with Crippen molar-refractivity contribution >= 4 is 33.4 Å². The van der Waals surface area contributed by atoms with E-state index in [1.807, 2.05) is 0 Å². The average molecular weight is 420 g/mol. The van der Waals surface area contributed by atoms with Crippen LogP contribution in [0.25, 0.3) is 5.69 Å². The Morgan fingerprint density at radius 2 is 1.86 bits per heavy atom. The largest absolute Gasteiger partial charge is 0.462 e. The van der Waals surface area contributed by atoms with Gasteiger partial charge in [-0.25, -0.2) is 17.9 Å². The molecule has 28 heavy (non-hydrogen) atoms. The molecule has 0 aliphatic carbocycles. The van der Waals surface area contributed by atoms with E-state index in [-0.39, 0.29) is 22.9 Å². The van der Waals surface area contributed by atoms with Crippen molar-refractivity contribution < 1.29 is 17.9 Å². The van der Waals surface area contributed by atoms with E-state index in [9.17, 15) is 13.2 Å². The van der Waals surface area contributed by atoms with Gasteiger partial charge in [0.15, 0.2) is 5.82 Å². The second kappa shape index (κ2) is 8.04. The van der Waals surface area contributed by atoms with Gasteiger partial charge in [-0.1, -0.05) is 29.8 Å². The molecule has 1 heterocycles. The molecular formula is C19H18ClN3O4S. The third-order valence-electron chi connectivity index (χ3n) is 3.95. The SMILES string of the molecule is CCOC(=O)c1cnn(-c2ccc(Cl)cc2)c1NS(=O)(=O)c1ccccc1C. The van der Waals surface area contributed by atoms with Crippen LogP contribution in [-0.4, -0.2) is 30.8 Å². The van der Waals surface area contributed by atoms with Crippen molar-refractivity contribution in [2.24, 2.45) is 0 Å². The lowest BCUT2D eigenvalue weighted by Crippen LogP contribution is -2.19. The number of halogens is 1. The van der Waals surface area contributed by atoms with E-state index < -0.39 is 16.0 Å². The van der Waals surface area contributed by atoms with Gasteiger partial charge in [0.1, 0.15) is 5.56 Å². The molecular weight excluding hydrogens is 402 g/mol. The number of ether oxygens (including phenoxy) is 1. The third-order valence-corrected chi connectivity index (χ3v) is 5.70. The van der Waals surface area contributed by atoms with Crippen LogP contribution in [0.5, 0.6) is 0 Å². The molecule has 0 amide bonds. The summed E-state index contributed by atoms with van der Waals surface area (Å²) >= 11 is 5.92. The van der Waals surface area contributed by atoms with Crippen molar-refractivity contribution in [1.82, 2.24) is 9.78 Å². The minimum absolute atomic E-state index is 0.00830. The molecule has 0 saturated carbocycles. The third kappa shape index (κ3) is 4.02. The zero-order valence-electron chi connectivity index (χ0n) is 15.2. The average Bonchev–Trinajstić information content (AvgIpc) is 3.05. The molecule has 0 aliphatic rings. The molecule has 0 atom stereocenters. The molecule has 3 aromatic rings. The molecule has 2 aromatic carbocycles. The maximum absolute atomic E-state index is 13.0. The minimum Gasteiger partial charge on any atom is -0.462 e. The Labute approximate surface area is 168 Å². The van der Waals surface area contributed by atoms with Gasteiger partial charge in [0, 0.05) is 5.02 Å². The van der Waals surface area contributed by atoms with Crippen molar-refractivity contribution in [3.8, 4) is 5.69 Å². The molecule has 146 valence electrons. The van der Waals surface area contributed by atoms with E-state index >= 15 is 0 Å². The van der Waals surface area contributed by atoms with Crippen LogP contribution in [0.15, 0.2) is 59.6 Å². The summed E-state index contributed by atoms with van der Waals surface area (Å²) in [6, 6.07) is 13.2. The maximum Gasteiger partial charge on any atom is 0.343 e. The van der Waals surface area contributed by atoms with Gasteiger partial charge in [0.2, 0.25) is 0 Å². The Hall–Kier alpha value is -2.84. The van der Waals surface area contributed by atoms with Crippen LogP contribution in [0.3, 0.4) is 0 Å². The summed E-state index contributed by atoms with van der Waals surface area (Å²) in [6.07, 6.45) is 1.27. The van der Waals surface area contributed by atoms with Crippen LogP contribution >= 0.6 is 11.6 Å². The van der Waals surface area contributed by atoms with Crippen molar-refractivity contribution in [2.45, 2.75) is 18.7 Å². The number of nitrogens with one attached hydrogen (secondary N) is 1. The lowest BCUT2D eigenvalue weighted by molar-refractivity contribution is 0.0527. The number of carbonyl (C=O) groups is 1. The number of benzene rings is 2. The summed E-state index contributed by atoms with van der Waals surface area (Å²) in [5.74, 6) is -0.686. The molecule has 0 saturated heterocycles. The molecule has 1 aromatic heterocycles. The molecule has 0 unspecified atom stereocenters. The lowest BCUT2D eigenvalue weighted by atomic mass is 10.2. The lowest BCUT2D eigenvalue weighted by Gasteiger charge is -2.14. The number of carbonyl (C=O) groups excluding carboxylic acids is 1. The summed E-state index contributed by atoms with van der Waals surface area (Å²) in [5, 5.41) is 4.68. The van der Waals surface area contributed by atoms with Crippen LogP contribution in [0, 0.1) is 6.92 Å². The van der Waals surface area contributed by atoms with Gasteiger partial charge in [-0.05, 0) is 49.7 Å². The summed E-state index contributed by atoms with van der Waals surface area (Å²) in [5.41, 5.74) is 1.11. The van der Waals surface area contributed by atoms with Gasteiger partial charge >= 0.3 is 5.97 Å². The molecule has 0 bridgehead atoms. The van der Waals surface area contributed by atoms with Crippen molar-refractivity contribution in [1.29, 1.82) is 0 Å². The first-order chi connectivity index (χ1) is 13.3. The van der Waals surface area contributed by atoms with Crippen LogP contribution in [0.2, 0.25) is 5.02 Å². The fraction of sp³-hybridized carbons (Fsp3) is 0.158. The zero-order chi connectivity index (χ0) is 20.3. The zero-order valence-corrected chi connectivity index (χ0v) is 16.8. The standard InChI is InChI=1S/C19H18ClN3O4S/c1-3-27-19(24)16-12-21-23(15-10-8-14(20)9-11-15)18(16)22-28(25,26)17-7-5-4-6-13(17)2/h4-12,22H,3H2,1-2H3. The highest BCUT2D eigenvalue weighted by Crippen LogP contribution is 2.26. The van der Waals surface area contributed by atoms with Gasteiger partial charge in [-0.3, -0.25) is 4.72 Å². The second-order valence-electron chi connectivity index (χ2n) is 5.89. The van der Waals surface area contributed by atoms with E-state index in [1.165, 1.54) is 16.9 Å². The van der Waals surface area contributed by atoms with Crippen molar-refractivity contribution in [2.75, 3.05) is 11.3 Å². The summed E-state index contributed by atoms with van der Waals surface area (Å²) in [4.78, 5) is 12.4. The predicted octanol–water partition coefficient (Wildman–Crippen LogP) is 3.81. The van der Waals surface area contributed by atoms with Gasteiger partial charge in [0.05, 0.1) is 23.4 Å². The number of sulfonamides is 1. The fourth-order valence-electron chi connectivity index (χ4n) is 2.62. The highest BCUT2D eigenvalue weighted by molar-refractivity contribution is 7.92. The van der Waals surface area contributed by atoms with Gasteiger partial charge in [0.25, 0.3) is 10.0 Å². The number of esters is 1. The Kier molecular flexibility index (Phi) is 5.71. The van der Waals surface area contributed by atoms with Crippen LogP contribution < -0.4 is 4.72 Å². The van der Waals surface area contributed by atoms with Crippen LogP contribution in [0.1, 0.15) is 22.8 Å². The Morgan fingerprint density at radius 1 is 1.18 bits per heavy atom. The number of aromatic nitrogens is 2. The number of hydrogen-bond donors (Lipinski definition) is 1. The molecule has 0 radical (unpaired) electrons. The molecule has 0 spiro atoms. The summed E-state index contributed by atoms with van der Waals surface area (Å²) in [6.45, 7) is 3.50. The second-order valence-corrected chi connectivity index (χ2v) is 7.97. The number of anilines is 1. The molecule has 9 heteroatoms. The van der Waals surface area contributed by atoms with E-state index in [1.54, 1.807) is 56.3 Å². The topological polar surface area (TPSA) is 90.3 Å². The first kappa shape index (κ1) is 19.9. The molecule has 3 rings (SSSR count). The Balaban J connectivity index is 2.11. The van der Waals surface area contributed by atoms with Gasteiger partial charge < -0.3 is 4.74 Å². The van der Waals surface area contributed by atoms with Crippen LogP contribution in [-0.2, 0) is 14.8 Å². The molecule has 1 N–H and O–H groups in total.